The van der Waals surface area contributed by atoms with Crippen LogP contribution in [0.5, 0.6) is 0 Å². The summed E-state index contributed by atoms with van der Waals surface area (Å²) in [6, 6.07) is 6.29. The Morgan fingerprint density at radius 1 is 1.33 bits per heavy atom. The molecule has 1 fully saturated rings. The molecule has 0 aliphatic heterocycles. The number of anilines is 1. The molecule has 1 aliphatic carbocycles. The van der Waals surface area contributed by atoms with Gasteiger partial charge in [-0.2, -0.15) is 0 Å². The van der Waals surface area contributed by atoms with E-state index in [0.717, 1.165) is 17.7 Å². The molecule has 1 saturated carbocycles. The normalized spacial score (nSPS) is 16.4. The number of hydrogen-bond acceptors (Lipinski definition) is 2. The lowest BCUT2D eigenvalue weighted by molar-refractivity contribution is 0.420. The van der Waals surface area contributed by atoms with E-state index in [-0.39, 0.29) is 0 Å². The number of benzene rings is 1. The van der Waals surface area contributed by atoms with Gasteiger partial charge in [0, 0.05) is 7.05 Å². The van der Waals surface area contributed by atoms with Crippen LogP contribution in [0.3, 0.4) is 0 Å². The Hall–Kier alpha value is -1.03. The van der Waals surface area contributed by atoms with Crippen LogP contribution in [-0.4, -0.2) is 21.7 Å². The molecule has 0 amide bonds. The standard InChI is InChI=1S/C14H21NO2S/c1-4-11-8-9-13(12-6-5-7-12)10-14(11)15(2)18(3,16)17/h8-10,12H,4-7H2,1-3H3. The predicted octanol–water partition coefficient (Wildman–Crippen LogP) is 2.91. The highest BCUT2D eigenvalue weighted by Gasteiger charge is 2.22. The second-order valence-electron chi connectivity index (χ2n) is 5.10. The molecule has 1 aromatic carbocycles. The van der Waals surface area contributed by atoms with Crippen LogP contribution in [0.15, 0.2) is 18.2 Å². The molecular formula is C14H21NO2S. The molecular weight excluding hydrogens is 246 g/mol. The van der Waals surface area contributed by atoms with E-state index in [1.807, 2.05) is 0 Å². The zero-order valence-electron chi connectivity index (χ0n) is 11.3. The zero-order chi connectivity index (χ0) is 13.3. The summed E-state index contributed by atoms with van der Waals surface area (Å²) in [6.45, 7) is 2.05. The maximum absolute atomic E-state index is 11.7. The van der Waals surface area contributed by atoms with Crippen molar-refractivity contribution in [2.75, 3.05) is 17.6 Å². The number of sulfonamides is 1. The van der Waals surface area contributed by atoms with E-state index in [0.29, 0.717) is 5.92 Å². The fourth-order valence-corrected chi connectivity index (χ4v) is 2.87. The Bertz CT molecular complexity index is 533. The van der Waals surface area contributed by atoms with Crippen molar-refractivity contribution in [1.82, 2.24) is 0 Å². The van der Waals surface area contributed by atoms with E-state index in [4.69, 9.17) is 0 Å². The lowest BCUT2D eigenvalue weighted by Gasteiger charge is -2.28. The Kier molecular flexibility index (Phi) is 3.66. The second kappa shape index (κ2) is 4.92. The second-order valence-corrected chi connectivity index (χ2v) is 7.11. The third-order valence-electron chi connectivity index (χ3n) is 3.90. The molecule has 100 valence electrons. The summed E-state index contributed by atoms with van der Waals surface area (Å²) in [6.07, 6.45) is 5.85. The molecule has 0 saturated heterocycles. The monoisotopic (exact) mass is 267 g/mol. The summed E-state index contributed by atoms with van der Waals surface area (Å²) in [5.41, 5.74) is 3.21. The summed E-state index contributed by atoms with van der Waals surface area (Å²) >= 11 is 0. The molecule has 1 aliphatic rings. The fraction of sp³-hybridized carbons (Fsp3) is 0.571. The number of nitrogens with zero attached hydrogens (tertiary/aromatic N) is 1. The summed E-state index contributed by atoms with van der Waals surface area (Å²) < 4.78 is 24.8. The highest BCUT2D eigenvalue weighted by Crippen LogP contribution is 2.38. The fourth-order valence-electron chi connectivity index (χ4n) is 2.35. The van der Waals surface area contributed by atoms with Crippen molar-refractivity contribution in [1.29, 1.82) is 0 Å². The van der Waals surface area contributed by atoms with Gasteiger partial charge in [-0.05, 0) is 42.4 Å². The van der Waals surface area contributed by atoms with Crippen LogP contribution in [-0.2, 0) is 16.4 Å². The van der Waals surface area contributed by atoms with Crippen LogP contribution in [0, 0.1) is 0 Å². The molecule has 3 nitrogen and oxygen atoms in total. The van der Waals surface area contributed by atoms with Crippen molar-refractivity contribution >= 4 is 15.7 Å². The molecule has 4 heteroatoms. The molecule has 0 aromatic heterocycles. The molecule has 0 bridgehead atoms. The lowest BCUT2D eigenvalue weighted by Crippen LogP contribution is -2.26. The summed E-state index contributed by atoms with van der Waals surface area (Å²) in [7, 11) is -1.55. The minimum Gasteiger partial charge on any atom is -0.273 e. The molecule has 0 spiro atoms. The molecule has 1 aromatic rings. The van der Waals surface area contributed by atoms with E-state index in [2.05, 4.69) is 25.1 Å². The van der Waals surface area contributed by atoms with Crippen LogP contribution in [0.2, 0.25) is 0 Å². The summed E-state index contributed by atoms with van der Waals surface area (Å²) in [5.74, 6) is 0.627. The Morgan fingerprint density at radius 3 is 2.44 bits per heavy atom. The van der Waals surface area contributed by atoms with Crippen molar-refractivity contribution in [2.45, 2.75) is 38.5 Å². The highest BCUT2D eigenvalue weighted by molar-refractivity contribution is 7.92. The molecule has 0 N–H and O–H groups in total. The molecule has 2 rings (SSSR count). The van der Waals surface area contributed by atoms with E-state index < -0.39 is 10.0 Å². The van der Waals surface area contributed by atoms with E-state index >= 15 is 0 Å². The number of rotatable bonds is 4. The van der Waals surface area contributed by atoms with Gasteiger partial charge in [0.15, 0.2) is 0 Å². The first-order valence-corrected chi connectivity index (χ1v) is 8.35. The van der Waals surface area contributed by atoms with Gasteiger partial charge in [-0.25, -0.2) is 8.42 Å². The lowest BCUT2D eigenvalue weighted by atomic mass is 9.79. The van der Waals surface area contributed by atoms with E-state index in [9.17, 15) is 8.42 Å². The van der Waals surface area contributed by atoms with Gasteiger partial charge in [0.25, 0.3) is 0 Å². The van der Waals surface area contributed by atoms with E-state index in [1.165, 1.54) is 35.4 Å². The smallest absolute Gasteiger partial charge is 0.232 e. The topological polar surface area (TPSA) is 37.4 Å². The minimum absolute atomic E-state index is 0.627. The Balaban J connectivity index is 2.42. The van der Waals surface area contributed by atoms with Crippen LogP contribution < -0.4 is 4.31 Å². The first-order valence-electron chi connectivity index (χ1n) is 6.50. The quantitative estimate of drug-likeness (QED) is 0.841. The van der Waals surface area contributed by atoms with Crippen molar-refractivity contribution in [3.05, 3.63) is 29.3 Å². The van der Waals surface area contributed by atoms with Crippen LogP contribution in [0.4, 0.5) is 5.69 Å². The maximum atomic E-state index is 11.7. The van der Waals surface area contributed by atoms with Gasteiger partial charge in [-0.1, -0.05) is 25.5 Å². The average molecular weight is 267 g/mol. The third kappa shape index (κ3) is 2.53. The van der Waals surface area contributed by atoms with Gasteiger partial charge >= 0.3 is 0 Å². The Labute approximate surface area is 110 Å². The van der Waals surface area contributed by atoms with Crippen molar-refractivity contribution in [3.8, 4) is 0 Å². The number of hydrogen-bond donors (Lipinski definition) is 0. The van der Waals surface area contributed by atoms with Crippen LogP contribution in [0.25, 0.3) is 0 Å². The van der Waals surface area contributed by atoms with Crippen molar-refractivity contribution in [3.63, 3.8) is 0 Å². The highest BCUT2D eigenvalue weighted by atomic mass is 32.2. The van der Waals surface area contributed by atoms with Crippen LogP contribution >= 0.6 is 0 Å². The van der Waals surface area contributed by atoms with Crippen molar-refractivity contribution in [2.24, 2.45) is 0 Å². The molecule has 0 unspecified atom stereocenters. The van der Waals surface area contributed by atoms with Gasteiger partial charge in [-0.15, -0.1) is 0 Å². The largest absolute Gasteiger partial charge is 0.273 e. The van der Waals surface area contributed by atoms with Gasteiger partial charge in [0.2, 0.25) is 10.0 Å². The van der Waals surface area contributed by atoms with E-state index in [1.54, 1.807) is 7.05 Å². The first kappa shape index (κ1) is 13.4. The maximum Gasteiger partial charge on any atom is 0.232 e. The summed E-state index contributed by atoms with van der Waals surface area (Å²) in [5, 5.41) is 0. The third-order valence-corrected chi connectivity index (χ3v) is 5.10. The molecule has 0 heterocycles. The number of aryl methyl sites for hydroxylation is 1. The molecule has 18 heavy (non-hydrogen) atoms. The zero-order valence-corrected chi connectivity index (χ0v) is 12.1. The van der Waals surface area contributed by atoms with Crippen molar-refractivity contribution < 1.29 is 8.42 Å². The van der Waals surface area contributed by atoms with Gasteiger partial charge in [0.1, 0.15) is 0 Å². The van der Waals surface area contributed by atoms with Crippen LogP contribution in [0.1, 0.15) is 43.2 Å². The van der Waals surface area contributed by atoms with Gasteiger partial charge in [-0.3, -0.25) is 4.31 Å². The molecule has 0 atom stereocenters. The molecule has 0 radical (unpaired) electrons. The van der Waals surface area contributed by atoms with Gasteiger partial charge < -0.3 is 0 Å². The summed E-state index contributed by atoms with van der Waals surface area (Å²) in [4.78, 5) is 0. The minimum atomic E-state index is -3.19. The first-order chi connectivity index (χ1) is 8.43. The SMILES string of the molecule is CCc1ccc(C2CCC2)cc1N(C)S(C)(=O)=O. The van der Waals surface area contributed by atoms with Gasteiger partial charge in [0.05, 0.1) is 11.9 Å². The predicted molar refractivity (Wildman–Crippen MR) is 75.7 cm³/mol. The average Bonchev–Trinajstić information content (AvgIpc) is 2.24. The Morgan fingerprint density at radius 2 is 2.00 bits per heavy atom.